The molecule has 0 amide bonds. The van der Waals surface area contributed by atoms with E-state index in [0.29, 0.717) is 11.4 Å². The van der Waals surface area contributed by atoms with Crippen LogP contribution >= 0.6 is 0 Å². The van der Waals surface area contributed by atoms with Crippen LogP contribution in [0, 0.1) is 13.8 Å². The molecule has 25 heavy (non-hydrogen) atoms. The Morgan fingerprint density at radius 1 is 1.36 bits per heavy atom. The van der Waals surface area contributed by atoms with Crippen molar-refractivity contribution in [2.75, 3.05) is 24.8 Å². The standard InChI is InChI=1S/C18H22N4O3/c1-9(8-23)21-18-12-6-16(24-4)13(5-15(12)20-7-14(18)19)17-10(2)22-25-11(17)3/h5-7,9,23H,8,19H2,1-4H3,(H,20,21)/t9-/m0/s1. The molecule has 3 rings (SSSR count). The Bertz CT molecular complexity index is 901. The number of pyridine rings is 1. The summed E-state index contributed by atoms with van der Waals surface area (Å²) in [5.74, 6) is 1.40. The number of rotatable bonds is 5. The molecular weight excluding hydrogens is 320 g/mol. The number of nitrogen functional groups attached to an aromatic ring is 1. The van der Waals surface area contributed by atoms with E-state index in [4.69, 9.17) is 15.0 Å². The highest BCUT2D eigenvalue weighted by Crippen LogP contribution is 2.40. The van der Waals surface area contributed by atoms with Gasteiger partial charge in [0.1, 0.15) is 11.5 Å². The fraction of sp³-hybridized carbons (Fsp3) is 0.333. The molecule has 0 aliphatic carbocycles. The summed E-state index contributed by atoms with van der Waals surface area (Å²) in [6.07, 6.45) is 1.61. The van der Waals surface area contributed by atoms with Gasteiger partial charge >= 0.3 is 0 Å². The summed E-state index contributed by atoms with van der Waals surface area (Å²) < 4.78 is 10.9. The van der Waals surface area contributed by atoms with E-state index >= 15 is 0 Å². The first-order valence-corrected chi connectivity index (χ1v) is 8.03. The molecule has 0 unspecified atom stereocenters. The number of aliphatic hydroxyl groups excluding tert-OH is 1. The van der Waals surface area contributed by atoms with E-state index in [-0.39, 0.29) is 12.6 Å². The summed E-state index contributed by atoms with van der Waals surface area (Å²) in [4.78, 5) is 4.45. The number of aromatic nitrogens is 2. The van der Waals surface area contributed by atoms with Gasteiger partial charge in [-0.1, -0.05) is 5.16 Å². The fourth-order valence-corrected chi connectivity index (χ4v) is 2.92. The van der Waals surface area contributed by atoms with Gasteiger partial charge in [-0.25, -0.2) is 0 Å². The fourth-order valence-electron chi connectivity index (χ4n) is 2.92. The van der Waals surface area contributed by atoms with E-state index in [9.17, 15) is 5.11 Å². The van der Waals surface area contributed by atoms with Crippen molar-refractivity contribution in [3.63, 3.8) is 0 Å². The second-order valence-electron chi connectivity index (χ2n) is 6.09. The van der Waals surface area contributed by atoms with Gasteiger partial charge in [-0.05, 0) is 32.9 Å². The third-order valence-electron chi connectivity index (χ3n) is 4.19. The van der Waals surface area contributed by atoms with Gasteiger partial charge in [-0.15, -0.1) is 0 Å². The number of ether oxygens (including phenoxy) is 1. The monoisotopic (exact) mass is 342 g/mol. The molecule has 0 aliphatic rings. The van der Waals surface area contributed by atoms with E-state index in [1.54, 1.807) is 13.3 Å². The Morgan fingerprint density at radius 3 is 2.72 bits per heavy atom. The van der Waals surface area contributed by atoms with Crippen LogP contribution in [0.1, 0.15) is 18.4 Å². The van der Waals surface area contributed by atoms with E-state index in [1.807, 2.05) is 32.9 Å². The maximum Gasteiger partial charge on any atom is 0.141 e. The first-order valence-electron chi connectivity index (χ1n) is 8.03. The average molecular weight is 342 g/mol. The number of aliphatic hydroxyl groups is 1. The molecule has 7 nitrogen and oxygen atoms in total. The average Bonchev–Trinajstić information content (AvgIpc) is 2.94. The number of methoxy groups -OCH3 is 1. The molecule has 0 saturated heterocycles. The molecule has 7 heteroatoms. The summed E-state index contributed by atoms with van der Waals surface area (Å²) in [5.41, 5.74) is 10.7. The van der Waals surface area contributed by atoms with Gasteiger partial charge in [-0.2, -0.15) is 0 Å². The lowest BCUT2D eigenvalue weighted by molar-refractivity contribution is 0.281. The van der Waals surface area contributed by atoms with Crippen LogP contribution in [0.25, 0.3) is 22.0 Å². The second kappa shape index (κ2) is 6.60. The molecule has 0 radical (unpaired) electrons. The minimum absolute atomic E-state index is 0.00243. The van der Waals surface area contributed by atoms with Gasteiger partial charge in [0.05, 0.1) is 48.1 Å². The zero-order valence-electron chi connectivity index (χ0n) is 14.8. The van der Waals surface area contributed by atoms with Gasteiger partial charge in [0.25, 0.3) is 0 Å². The molecule has 0 fully saturated rings. The lowest BCUT2D eigenvalue weighted by Gasteiger charge is -2.18. The molecule has 2 aromatic heterocycles. The van der Waals surface area contributed by atoms with Crippen LogP contribution in [-0.4, -0.2) is 35.0 Å². The highest BCUT2D eigenvalue weighted by atomic mass is 16.5. The Hall–Kier alpha value is -2.80. The normalized spacial score (nSPS) is 12.4. The van der Waals surface area contributed by atoms with E-state index < -0.39 is 0 Å². The minimum Gasteiger partial charge on any atom is -0.496 e. The lowest BCUT2D eigenvalue weighted by atomic mass is 10.00. The predicted octanol–water partition coefficient (Wildman–Crippen LogP) is 2.89. The molecule has 1 atom stereocenters. The summed E-state index contributed by atoms with van der Waals surface area (Å²) in [6, 6.07) is 3.70. The Labute approximate surface area is 145 Å². The molecule has 0 spiro atoms. The zero-order valence-corrected chi connectivity index (χ0v) is 14.8. The molecular formula is C18H22N4O3. The Kier molecular flexibility index (Phi) is 4.50. The van der Waals surface area contributed by atoms with Crippen LogP contribution in [0.3, 0.4) is 0 Å². The SMILES string of the molecule is COc1cc2c(N[C@@H](C)CO)c(N)cnc2cc1-c1c(C)noc1C. The van der Waals surface area contributed by atoms with Gasteiger partial charge in [-0.3, -0.25) is 4.98 Å². The summed E-state index contributed by atoms with van der Waals surface area (Å²) in [5, 5.41) is 17.4. The van der Waals surface area contributed by atoms with Crippen LogP contribution < -0.4 is 15.8 Å². The maximum atomic E-state index is 9.33. The largest absolute Gasteiger partial charge is 0.496 e. The quantitative estimate of drug-likeness (QED) is 0.654. The number of benzene rings is 1. The van der Waals surface area contributed by atoms with Gasteiger partial charge in [0.15, 0.2) is 0 Å². The summed E-state index contributed by atoms with van der Waals surface area (Å²) in [7, 11) is 1.62. The topological polar surface area (TPSA) is 106 Å². The Balaban J connectivity index is 2.25. The van der Waals surface area contributed by atoms with Gasteiger partial charge in [0.2, 0.25) is 0 Å². The second-order valence-corrected chi connectivity index (χ2v) is 6.09. The summed E-state index contributed by atoms with van der Waals surface area (Å²) >= 11 is 0. The lowest BCUT2D eigenvalue weighted by Crippen LogP contribution is -2.20. The number of aryl methyl sites for hydroxylation is 2. The van der Waals surface area contributed by atoms with Crippen molar-refractivity contribution in [3.05, 3.63) is 29.8 Å². The number of nitrogens with two attached hydrogens (primary N) is 1. The van der Waals surface area contributed by atoms with Crippen molar-refractivity contribution in [3.8, 4) is 16.9 Å². The van der Waals surface area contributed by atoms with Crippen molar-refractivity contribution < 1.29 is 14.4 Å². The Morgan fingerprint density at radius 2 is 2.12 bits per heavy atom. The first kappa shape index (κ1) is 17.0. The molecule has 0 aliphatic heterocycles. The molecule has 0 saturated carbocycles. The molecule has 132 valence electrons. The molecule has 1 aromatic carbocycles. The van der Waals surface area contributed by atoms with Crippen LogP contribution in [-0.2, 0) is 0 Å². The van der Waals surface area contributed by atoms with Crippen LogP contribution in [0.5, 0.6) is 5.75 Å². The highest BCUT2D eigenvalue weighted by molar-refractivity contribution is 6.00. The molecule has 2 heterocycles. The van der Waals surface area contributed by atoms with Crippen LogP contribution in [0.2, 0.25) is 0 Å². The first-order chi connectivity index (χ1) is 12.0. The van der Waals surface area contributed by atoms with Crippen LogP contribution in [0.4, 0.5) is 11.4 Å². The van der Waals surface area contributed by atoms with E-state index in [1.165, 1.54) is 0 Å². The third-order valence-corrected chi connectivity index (χ3v) is 4.19. The van der Waals surface area contributed by atoms with Crippen LogP contribution in [0.15, 0.2) is 22.9 Å². The van der Waals surface area contributed by atoms with E-state index in [0.717, 1.165) is 39.2 Å². The van der Waals surface area contributed by atoms with Crippen molar-refractivity contribution in [2.24, 2.45) is 0 Å². The molecule has 0 bridgehead atoms. The van der Waals surface area contributed by atoms with Gasteiger partial charge in [0, 0.05) is 17.0 Å². The maximum absolute atomic E-state index is 9.33. The number of nitrogens with one attached hydrogen (secondary N) is 1. The van der Waals surface area contributed by atoms with Crippen molar-refractivity contribution in [1.29, 1.82) is 0 Å². The van der Waals surface area contributed by atoms with Gasteiger partial charge < -0.3 is 25.4 Å². The van der Waals surface area contributed by atoms with Crippen molar-refractivity contribution in [2.45, 2.75) is 26.8 Å². The molecule has 4 N–H and O–H groups in total. The van der Waals surface area contributed by atoms with E-state index in [2.05, 4.69) is 15.5 Å². The number of nitrogens with zero attached hydrogens (tertiary/aromatic N) is 2. The summed E-state index contributed by atoms with van der Waals surface area (Å²) in [6.45, 7) is 5.63. The number of fused-ring (bicyclic) bond motifs is 1. The number of anilines is 2. The number of hydrogen-bond acceptors (Lipinski definition) is 7. The number of hydrogen-bond donors (Lipinski definition) is 3. The highest BCUT2D eigenvalue weighted by Gasteiger charge is 2.19. The third kappa shape index (κ3) is 2.98. The minimum atomic E-state index is -0.138. The predicted molar refractivity (Wildman–Crippen MR) is 97.8 cm³/mol. The van der Waals surface area contributed by atoms with Crippen molar-refractivity contribution >= 4 is 22.3 Å². The zero-order chi connectivity index (χ0) is 18.1. The molecule has 3 aromatic rings. The smallest absolute Gasteiger partial charge is 0.141 e. The van der Waals surface area contributed by atoms with Crippen molar-refractivity contribution in [1.82, 2.24) is 10.1 Å².